The van der Waals surface area contributed by atoms with Gasteiger partial charge in [-0.1, -0.05) is 0 Å². The molecule has 1 aromatic heterocycles. The van der Waals surface area contributed by atoms with Gasteiger partial charge in [0.15, 0.2) is 17.5 Å². The Balaban J connectivity index is 1.97. The molecule has 1 fully saturated rings. The molecule has 0 bridgehead atoms. The second-order valence-electron chi connectivity index (χ2n) is 5.36. The molecule has 1 aliphatic rings. The van der Waals surface area contributed by atoms with E-state index in [1.807, 2.05) is 29.9 Å². The summed E-state index contributed by atoms with van der Waals surface area (Å²) in [5, 5.41) is 0. The summed E-state index contributed by atoms with van der Waals surface area (Å²) in [5.41, 5.74) is 0.339. The highest BCUT2D eigenvalue weighted by atomic mass is 19.2. The summed E-state index contributed by atoms with van der Waals surface area (Å²) >= 11 is 0. The number of aromatic nitrogens is 1. The fourth-order valence-corrected chi connectivity index (χ4v) is 2.76. The normalized spacial score (nSPS) is 18.3. The molecule has 23 heavy (non-hydrogen) atoms. The predicted octanol–water partition coefficient (Wildman–Crippen LogP) is 2.66. The van der Waals surface area contributed by atoms with Crippen molar-refractivity contribution >= 4 is 5.91 Å². The molecule has 0 spiro atoms. The maximum atomic E-state index is 13.9. The Morgan fingerprint density at radius 2 is 2.00 bits per heavy atom. The largest absolute Gasteiger partial charge is 0.377 e. The van der Waals surface area contributed by atoms with E-state index in [0.29, 0.717) is 6.61 Å². The SMILES string of the molecule is Cn1cccc1[C@@H]1COCCN1C(=O)c1ccc(F)c(F)c1F. The first kappa shape index (κ1) is 15.6. The van der Waals surface area contributed by atoms with Gasteiger partial charge in [0.1, 0.15) is 0 Å². The number of nitrogens with zero attached hydrogens (tertiary/aromatic N) is 2. The van der Waals surface area contributed by atoms with Crippen LogP contribution in [-0.4, -0.2) is 35.1 Å². The Labute approximate surface area is 131 Å². The summed E-state index contributed by atoms with van der Waals surface area (Å²) in [5.74, 6) is -5.11. The first-order valence-corrected chi connectivity index (χ1v) is 7.14. The fourth-order valence-electron chi connectivity index (χ4n) is 2.76. The Morgan fingerprint density at radius 1 is 1.22 bits per heavy atom. The number of rotatable bonds is 2. The molecular weight excluding hydrogens is 309 g/mol. The Kier molecular flexibility index (Phi) is 4.12. The van der Waals surface area contributed by atoms with Gasteiger partial charge in [0, 0.05) is 25.5 Å². The quantitative estimate of drug-likeness (QED) is 0.796. The van der Waals surface area contributed by atoms with Crippen molar-refractivity contribution in [3.05, 3.63) is 59.2 Å². The Hall–Kier alpha value is -2.28. The third-order valence-electron chi connectivity index (χ3n) is 3.98. The first-order valence-electron chi connectivity index (χ1n) is 7.14. The molecule has 122 valence electrons. The van der Waals surface area contributed by atoms with Crippen LogP contribution in [0, 0.1) is 17.5 Å². The zero-order valence-electron chi connectivity index (χ0n) is 12.4. The van der Waals surface area contributed by atoms with Crippen LogP contribution in [0.3, 0.4) is 0 Å². The average Bonchev–Trinajstić information content (AvgIpc) is 2.98. The van der Waals surface area contributed by atoms with Crippen LogP contribution in [0.5, 0.6) is 0 Å². The molecule has 0 aliphatic carbocycles. The second-order valence-corrected chi connectivity index (χ2v) is 5.36. The molecule has 0 saturated carbocycles. The van der Waals surface area contributed by atoms with Gasteiger partial charge in [0.25, 0.3) is 5.91 Å². The van der Waals surface area contributed by atoms with Gasteiger partial charge in [-0.05, 0) is 24.3 Å². The van der Waals surface area contributed by atoms with Gasteiger partial charge in [0.05, 0.1) is 24.8 Å². The van der Waals surface area contributed by atoms with Crippen molar-refractivity contribution in [1.82, 2.24) is 9.47 Å². The van der Waals surface area contributed by atoms with Crippen molar-refractivity contribution in [3.63, 3.8) is 0 Å². The van der Waals surface area contributed by atoms with Crippen LogP contribution >= 0.6 is 0 Å². The highest BCUT2D eigenvalue weighted by Gasteiger charge is 2.32. The van der Waals surface area contributed by atoms with Gasteiger partial charge in [-0.15, -0.1) is 0 Å². The predicted molar refractivity (Wildman–Crippen MR) is 76.3 cm³/mol. The number of aryl methyl sites for hydroxylation is 1. The van der Waals surface area contributed by atoms with Gasteiger partial charge in [0.2, 0.25) is 0 Å². The minimum atomic E-state index is -1.64. The van der Waals surface area contributed by atoms with E-state index in [4.69, 9.17) is 4.74 Å². The molecule has 1 aliphatic heterocycles. The number of halogens is 3. The monoisotopic (exact) mass is 324 g/mol. The van der Waals surface area contributed by atoms with Gasteiger partial charge < -0.3 is 14.2 Å². The summed E-state index contributed by atoms with van der Waals surface area (Å²) in [7, 11) is 1.82. The molecule has 0 radical (unpaired) electrons. The maximum absolute atomic E-state index is 13.9. The first-order chi connectivity index (χ1) is 11.0. The van der Waals surface area contributed by atoms with Crippen molar-refractivity contribution in [3.8, 4) is 0 Å². The van der Waals surface area contributed by atoms with E-state index in [0.717, 1.165) is 17.8 Å². The van der Waals surface area contributed by atoms with E-state index in [1.165, 1.54) is 4.90 Å². The molecule has 2 heterocycles. The fraction of sp³-hybridized carbons (Fsp3) is 0.312. The minimum Gasteiger partial charge on any atom is -0.377 e. The maximum Gasteiger partial charge on any atom is 0.257 e. The van der Waals surface area contributed by atoms with Crippen molar-refractivity contribution in [2.75, 3.05) is 19.8 Å². The summed E-state index contributed by atoms with van der Waals surface area (Å²) < 4.78 is 47.6. The van der Waals surface area contributed by atoms with Gasteiger partial charge in [-0.3, -0.25) is 4.79 Å². The molecule has 1 saturated heterocycles. The zero-order valence-corrected chi connectivity index (χ0v) is 12.4. The zero-order chi connectivity index (χ0) is 16.6. The van der Waals surface area contributed by atoms with E-state index >= 15 is 0 Å². The van der Waals surface area contributed by atoms with Crippen LogP contribution in [0.2, 0.25) is 0 Å². The van der Waals surface area contributed by atoms with Crippen LogP contribution in [0.15, 0.2) is 30.5 Å². The minimum absolute atomic E-state index is 0.243. The summed E-state index contributed by atoms with van der Waals surface area (Å²) in [6, 6.07) is 4.96. The summed E-state index contributed by atoms with van der Waals surface area (Å²) in [4.78, 5) is 14.1. The van der Waals surface area contributed by atoms with Crippen molar-refractivity contribution in [2.24, 2.45) is 7.05 Å². The number of amides is 1. The molecule has 1 aromatic carbocycles. The van der Waals surface area contributed by atoms with Gasteiger partial charge in [-0.2, -0.15) is 0 Å². The van der Waals surface area contributed by atoms with Crippen molar-refractivity contribution in [2.45, 2.75) is 6.04 Å². The number of carbonyl (C=O) groups excluding carboxylic acids is 1. The van der Waals surface area contributed by atoms with Crippen molar-refractivity contribution in [1.29, 1.82) is 0 Å². The van der Waals surface area contributed by atoms with Crippen LogP contribution in [0.25, 0.3) is 0 Å². The molecule has 1 atom stereocenters. The van der Waals surface area contributed by atoms with E-state index in [9.17, 15) is 18.0 Å². The lowest BCUT2D eigenvalue weighted by atomic mass is 10.1. The van der Waals surface area contributed by atoms with Gasteiger partial charge in [-0.25, -0.2) is 13.2 Å². The molecule has 2 aromatic rings. The van der Waals surface area contributed by atoms with Gasteiger partial charge >= 0.3 is 0 Å². The van der Waals surface area contributed by atoms with E-state index in [1.54, 1.807) is 0 Å². The molecule has 0 unspecified atom stereocenters. The summed E-state index contributed by atoms with van der Waals surface area (Å²) in [6.45, 7) is 0.806. The topological polar surface area (TPSA) is 34.5 Å². The highest BCUT2D eigenvalue weighted by molar-refractivity contribution is 5.94. The lowest BCUT2D eigenvalue weighted by Gasteiger charge is -2.36. The van der Waals surface area contributed by atoms with Crippen LogP contribution in [0.4, 0.5) is 13.2 Å². The third-order valence-corrected chi connectivity index (χ3v) is 3.98. The lowest BCUT2D eigenvalue weighted by Crippen LogP contribution is -2.44. The number of morpholine rings is 1. The number of carbonyl (C=O) groups is 1. The average molecular weight is 324 g/mol. The lowest BCUT2D eigenvalue weighted by molar-refractivity contribution is -0.00492. The smallest absolute Gasteiger partial charge is 0.257 e. The second kappa shape index (κ2) is 6.08. The molecule has 0 N–H and O–H groups in total. The molecular formula is C16H15F3N2O2. The van der Waals surface area contributed by atoms with Crippen LogP contribution < -0.4 is 0 Å². The Morgan fingerprint density at radius 3 is 2.70 bits per heavy atom. The molecule has 4 nitrogen and oxygen atoms in total. The molecule has 7 heteroatoms. The number of ether oxygens (including phenoxy) is 1. The van der Waals surface area contributed by atoms with E-state index < -0.39 is 35.0 Å². The molecule has 1 amide bonds. The number of hydrogen-bond acceptors (Lipinski definition) is 2. The molecule has 3 rings (SSSR count). The number of hydrogen-bond donors (Lipinski definition) is 0. The van der Waals surface area contributed by atoms with E-state index in [-0.39, 0.29) is 13.2 Å². The summed E-state index contributed by atoms with van der Waals surface area (Å²) in [6.07, 6.45) is 1.82. The van der Waals surface area contributed by atoms with E-state index in [2.05, 4.69) is 0 Å². The number of benzene rings is 1. The standard InChI is InChI=1S/C16H15F3N2O2/c1-20-6-2-3-12(20)13-9-23-8-7-21(13)16(22)10-4-5-11(17)15(19)14(10)18/h2-6,13H,7-9H2,1H3/t13-/m0/s1. The van der Waals surface area contributed by atoms with Crippen LogP contribution in [0.1, 0.15) is 22.1 Å². The third kappa shape index (κ3) is 2.72. The van der Waals surface area contributed by atoms with Crippen molar-refractivity contribution < 1.29 is 22.7 Å². The highest BCUT2D eigenvalue weighted by Crippen LogP contribution is 2.27. The Bertz CT molecular complexity index is 745. The van der Waals surface area contributed by atoms with Crippen LogP contribution in [-0.2, 0) is 11.8 Å².